The van der Waals surface area contributed by atoms with Gasteiger partial charge in [-0.1, -0.05) is 6.42 Å². The number of carbonyl (C=O) groups excluding carboxylic acids is 1. The Morgan fingerprint density at radius 2 is 1.80 bits per heavy atom. The molecule has 2 aliphatic rings. The number of aryl methyl sites for hydroxylation is 4. The largest absolute Gasteiger partial charge is 0.497 e. The number of hydrogen-bond donors (Lipinski definition) is 0. The summed E-state index contributed by atoms with van der Waals surface area (Å²) in [5.74, 6) is 1.63. The lowest BCUT2D eigenvalue weighted by atomic mass is 10.00. The Kier molecular flexibility index (Phi) is 8.56. The molecule has 1 saturated heterocycles. The van der Waals surface area contributed by atoms with Crippen LogP contribution in [-0.4, -0.2) is 64.3 Å². The zero-order valence-electron chi connectivity index (χ0n) is 23.7. The van der Waals surface area contributed by atoms with Crippen LogP contribution in [0.5, 0.6) is 5.75 Å². The molecule has 2 aromatic heterocycles. The van der Waals surface area contributed by atoms with Gasteiger partial charge < -0.3 is 14.2 Å². The van der Waals surface area contributed by atoms with Gasteiger partial charge in [-0.15, -0.1) is 0 Å². The topological polar surface area (TPSA) is 97.6 Å². The molecule has 0 spiro atoms. The number of amides is 1. The van der Waals surface area contributed by atoms with E-state index in [9.17, 15) is 13.2 Å². The number of rotatable bonds is 9. The normalized spacial score (nSPS) is 18.0. The van der Waals surface area contributed by atoms with Gasteiger partial charge in [-0.3, -0.25) is 9.78 Å². The van der Waals surface area contributed by atoms with Crippen LogP contribution in [0.4, 0.5) is 0 Å². The molecule has 0 radical (unpaired) electrons. The van der Waals surface area contributed by atoms with Crippen LogP contribution < -0.4 is 4.74 Å². The first-order valence-electron chi connectivity index (χ1n) is 14.1. The average Bonchev–Trinajstić information content (AvgIpc) is 3.37. The Hall–Kier alpha value is -3.24. The summed E-state index contributed by atoms with van der Waals surface area (Å²) in [6.45, 7) is 5.97. The molecule has 0 saturated carbocycles. The summed E-state index contributed by atoms with van der Waals surface area (Å²) in [6, 6.07) is 7.40. The molecule has 9 nitrogen and oxygen atoms in total. The summed E-state index contributed by atoms with van der Waals surface area (Å²) >= 11 is 0. The Morgan fingerprint density at radius 3 is 2.52 bits per heavy atom. The van der Waals surface area contributed by atoms with E-state index in [0.717, 1.165) is 50.2 Å². The predicted molar refractivity (Wildman–Crippen MR) is 153 cm³/mol. The van der Waals surface area contributed by atoms with Crippen LogP contribution >= 0.6 is 0 Å². The van der Waals surface area contributed by atoms with E-state index >= 15 is 0 Å². The first-order chi connectivity index (χ1) is 19.3. The van der Waals surface area contributed by atoms with Crippen molar-refractivity contribution in [1.29, 1.82) is 0 Å². The third-order valence-corrected chi connectivity index (χ3v) is 10.4. The zero-order chi connectivity index (χ0) is 28.3. The summed E-state index contributed by atoms with van der Waals surface area (Å²) in [4.78, 5) is 24.4. The molecule has 1 aromatic carbocycles. The predicted octanol–water partition coefficient (Wildman–Crippen LogP) is 4.05. The molecule has 1 unspecified atom stereocenters. The van der Waals surface area contributed by atoms with E-state index in [0.29, 0.717) is 54.2 Å². The number of carbonyl (C=O) groups is 1. The summed E-state index contributed by atoms with van der Waals surface area (Å²) in [7, 11) is -2.11. The summed E-state index contributed by atoms with van der Waals surface area (Å²) < 4.78 is 36.8. The Morgan fingerprint density at radius 1 is 1.05 bits per heavy atom. The maximum Gasteiger partial charge on any atom is 0.243 e. The highest BCUT2D eigenvalue weighted by Crippen LogP contribution is 2.33. The van der Waals surface area contributed by atoms with Gasteiger partial charge in [-0.2, -0.15) is 4.31 Å². The second kappa shape index (κ2) is 12.1. The number of fused-ring (bicyclic) bond motifs is 1. The van der Waals surface area contributed by atoms with E-state index in [-0.39, 0.29) is 11.9 Å². The number of ether oxygens (including phenoxy) is 1. The van der Waals surface area contributed by atoms with Crippen LogP contribution in [-0.2, 0) is 40.7 Å². The van der Waals surface area contributed by atoms with Gasteiger partial charge in [0.1, 0.15) is 11.6 Å². The molecule has 4 heterocycles. The summed E-state index contributed by atoms with van der Waals surface area (Å²) in [5, 5.41) is 0. The number of imidazole rings is 1. The molecule has 3 aromatic rings. The van der Waals surface area contributed by atoms with Gasteiger partial charge in [0.25, 0.3) is 0 Å². The molecule has 5 rings (SSSR count). The minimum absolute atomic E-state index is 0.0623. The lowest BCUT2D eigenvalue weighted by molar-refractivity contribution is -0.133. The van der Waals surface area contributed by atoms with Crippen LogP contribution in [0.1, 0.15) is 60.3 Å². The monoisotopic (exact) mass is 565 g/mol. The molecule has 1 amide bonds. The van der Waals surface area contributed by atoms with Crippen molar-refractivity contribution >= 4 is 15.9 Å². The van der Waals surface area contributed by atoms with Gasteiger partial charge in [-0.05, 0) is 86.9 Å². The molecule has 214 valence electrons. The number of hydrogen-bond acceptors (Lipinski definition) is 6. The van der Waals surface area contributed by atoms with Gasteiger partial charge in [0.15, 0.2) is 0 Å². The van der Waals surface area contributed by atoms with Gasteiger partial charge in [0.2, 0.25) is 15.9 Å². The van der Waals surface area contributed by atoms with Crippen LogP contribution in [0.3, 0.4) is 0 Å². The van der Waals surface area contributed by atoms with E-state index in [1.54, 1.807) is 35.9 Å². The molecular weight excluding hydrogens is 526 g/mol. The number of pyridine rings is 1. The molecular formula is C30H39N5O4S. The highest BCUT2D eigenvalue weighted by atomic mass is 32.2. The van der Waals surface area contributed by atoms with Crippen molar-refractivity contribution in [2.75, 3.05) is 20.2 Å². The summed E-state index contributed by atoms with van der Waals surface area (Å²) in [6.07, 6.45) is 10.9. The first-order valence-corrected chi connectivity index (χ1v) is 15.6. The van der Waals surface area contributed by atoms with E-state index in [1.165, 1.54) is 5.56 Å². The fourth-order valence-electron chi connectivity index (χ4n) is 6.05. The minimum Gasteiger partial charge on any atom is -0.497 e. The molecule has 40 heavy (non-hydrogen) atoms. The molecule has 2 aliphatic heterocycles. The van der Waals surface area contributed by atoms with E-state index in [2.05, 4.69) is 15.7 Å². The van der Waals surface area contributed by atoms with Crippen molar-refractivity contribution in [2.24, 2.45) is 0 Å². The minimum atomic E-state index is -3.70. The molecule has 1 fully saturated rings. The number of nitrogens with zero attached hydrogens (tertiary/aromatic N) is 5. The van der Waals surface area contributed by atoms with Crippen LogP contribution in [0, 0.1) is 13.8 Å². The second-order valence-electron chi connectivity index (χ2n) is 10.9. The Labute approximate surface area is 237 Å². The van der Waals surface area contributed by atoms with Crippen LogP contribution in [0.25, 0.3) is 0 Å². The van der Waals surface area contributed by atoms with E-state index in [4.69, 9.17) is 9.72 Å². The number of methoxy groups -OCH3 is 1. The quantitative estimate of drug-likeness (QED) is 0.388. The molecule has 0 aliphatic carbocycles. The maximum atomic E-state index is 13.8. The fourth-order valence-corrected chi connectivity index (χ4v) is 8.19. The third-order valence-electron chi connectivity index (χ3n) is 8.12. The van der Waals surface area contributed by atoms with Crippen molar-refractivity contribution in [3.63, 3.8) is 0 Å². The smallest absolute Gasteiger partial charge is 0.243 e. The Bertz CT molecular complexity index is 1430. The fraction of sp³-hybridized carbons (Fsp3) is 0.500. The lowest BCUT2D eigenvalue weighted by Gasteiger charge is -2.36. The standard InChI is InChI=1S/C30H39N5O4S/c1-22-18-27(39-3)19-23(2)30(22)40(37,38)35-15-5-4-6-26(35)9-10-29(36)34-17-16-33-20-25(32-28(33)21-34)8-7-24-11-13-31-14-12-24/h11-14,18-20,26H,4-10,15-17,21H2,1-3H3. The van der Waals surface area contributed by atoms with Crippen LogP contribution in [0.15, 0.2) is 47.8 Å². The van der Waals surface area contributed by atoms with Crippen molar-refractivity contribution in [3.05, 3.63) is 71.1 Å². The van der Waals surface area contributed by atoms with E-state index in [1.807, 2.05) is 30.9 Å². The number of benzene rings is 1. The third kappa shape index (κ3) is 6.07. The van der Waals surface area contributed by atoms with Gasteiger partial charge in [0.05, 0.1) is 24.2 Å². The van der Waals surface area contributed by atoms with Crippen molar-refractivity contribution in [3.8, 4) is 5.75 Å². The second-order valence-corrected chi connectivity index (χ2v) is 12.7. The molecule has 10 heteroatoms. The lowest BCUT2D eigenvalue weighted by Crippen LogP contribution is -2.45. The zero-order valence-corrected chi connectivity index (χ0v) is 24.5. The van der Waals surface area contributed by atoms with Crippen molar-refractivity contribution < 1.29 is 17.9 Å². The molecule has 0 N–H and O–H groups in total. The van der Waals surface area contributed by atoms with Gasteiger partial charge in [-0.25, -0.2) is 13.4 Å². The SMILES string of the molecule is COc1cc(C)c(S(=O)(=O)N2CCCCC2CCC(=O)N2CCn3cc(CCc4ccncc4)nc3C2)c(C)c1. The number of piperidine rings is 1. The average molecular weight is 566 g/mol. The number of sulfonamides is 1. The summed E-state index contributed by atoms with van der Waals surface area (Å²) in [5.41, 5.74) is 3.63. The Balaban J connectivity index is 1.21. The van der Waals surface area contributed by atoms with Gasteiger partial charge in [0, 0.05) is 50.7 Å². The van der Waals surface area contributed by atoms with Gasteiger partial charge >= 0.3 is 0 Å². The number of aromatic nitrogens is 3. The van der Waals surface area contributed by atoms with E-state index < -0.39 is 10.0 Å². The molecule has 1 atom stereocenters. The molecule has 0 bridgehead atoms. The highest BCUT2D eigenvalue weighted by molar-refractivity contribution is 7.89. The highest BCUT2D eigenvalue weighted by Gasteiger charge is 2.36. The first kappa shape index (κ1) is 28.3. The van der Waals surface area contributed by atoms with Crippen molar-refractivity contribution in [2.45, 2.75) is 82.8 Å². The maximum absolute atomic E-state index is 13.8. The van der Waals surface area contributed by atoms with Crippen molar-refractivity contribution in [1.82, 2.24) is 23.7 Å². The van der Waals surface area contributed by atoms with Crippen LogP contribution in [0.2, 0.25) is 0 Å².